The summed E-state index contributed by atoms with van der Waals surface area (Å²) >= 11 is 5.50. The van der Waals surface area contributed by atoms with Gasteiger partial charge in [-0.15, -0.1) is 11.6 Å². The minimum atomic E-state index is -0.685. The van der Waals surface area contributed by atoms with Crippen molar-refractivity contribution in [1.29, 1.82) is 0 Å². The lowest BCUT2D eigenvalue weighted by atomic mass is 10.1. The number of hydrogen-bond donors (Lipinski definition) is 0. The normalized spacial score (nSPS) is 12.1. The topological polar surface area (TPSA) is 35.5 Å². The lowest BCUT2D eigenvalue weighted by Gasteiger charge is -2.14. The van der Waals surface area contributed by atoms with E-state index < -0.39 is 12.1 Å². The summed E-state index contributed by atoms with van der Waals surface area (Å²) < 4.78 is 9.98. The molecule has 1 aromatic carbocycles. The first-order chi connectivity index (χ1) is 7.29. The maximum atomic E-state index is 11.4. The maximum Gasteiger partial charge on any atom is 0.339 e. The standard InChI is InChI=1S/C11H13ClO3/c1-14-11(13)10(15-8-7-12)9-5-3-2-4-6-9/h2-6,10H,7-8H2,1H3/t10-/m1/s1. The minimum absolute atomic E-state index is 0.316. The Morgan fingerprint density at radius 3 is 2.60 bits per heavy atom. The summed E-state index contributed by atoms with van der Waals surface area (Å²) in [6, 6.07) is 9.19. The molecule has 0 aromatic heterocycles. The minimum Gasteiger partial charge on any atom is -0.467 e. The molecule has 0 saturated carbocycles. The Labute approximate surface area is 93.9 Å². The predicted molar refractivity (Wildman–Crippen MR) is 57.9 cm³/mol. The number of esters is 1. The van der Waals surface area contributed by atoms with Crippen molar-refractivity contribution in [3.05, 3.63) is 35.9 Å². The van der Waals surface area contributed by atoms with Crippen LogP contribution < -0.4 is 0 Å². The van der Waals surface area contributed by atoms with Gasteiger partial charge in [-0.25, -0.2) is 4.79 Å². The summed E-state index contributed by atoms with van der Waals surface area (Å²) in [5.41, 5.74) is 0.773. The number of rotatable bonds is 5. The molecule has 82 valence electrons. The van der Waals surface area contributed by atoms with Crippen LogP contribution in [-0.4, -0.2) is 25.6 Å². The molecule has 15 heavy (non-hydrogen) atoms. The molecule has 0 heterocycles. The van der Waals surface area contributed by atoms with Gasteiger partial charge in [0.1, 0.15) is 0 Å². The maximum absolute atomic E-state index is 11.4. The fourth-order valence-corrected chi connectivity index (χ4v) is 1.29. The molecule has 0 radical (unpaired) electrons. The van der Waals surface area contributed by atoms with Gasteiger partial charge in [0.25, 0.3) is 0 Å². The van der Waals surface area contributed by atoms with Crippen LogP contribution in [0.5, 0.6) is 0 Å². The van der Waals surface area contributed by atoms with E-state index in [1.807, 2.05) is 30.3 Å². The van der Waals surface area contributed by atoms with Crippen LogP contribution in [0.15, 0.2) is 30.3 Å². The molecule has 1 aromatic rings. The smallest absolute Gasteiger partial charge is 0.339 e. The van der Waals surface area contributed by atoms with Crippen LogP contribution in [0.3, 0.4) is 0 Å². The van der Waals surface area contributed by atoms with Gasteiger partial charge in [0, 0.05) is 5.88 Å². The highest BCUT2D eigenvalue weighted by atomic mass is 35.5. The van der Waals surface area contributed by atoms with E-state index in [2.05, 4.69) is 4.74 Å². The predicted octanol–water partition coefficient (Wildman–Crippen LogP) is 2.16. The third kappa shape index (κ3) is 3.53. The molecule has 0 aliphatic carbocycles. The Hall–Kier alpha value is -1.06. The van der Waals surface area contributed by atoms with Gasteiger partial charge in [0.2, 0.25) is 0 Å². The number of alkyl halides is 1. The second kappa shape index (κ2) is 6.43. The van der Waals surface area contributed by atoms with Crippen LogP contribution in [0.25, 0.3) is 0 Å². The molecular formula is C11H13ClO3. The second-order valence-corrected chi connectivity index (χ2v) is 3.25. The Kier molecular flexibility index (Phi) is 5.15. The number of ether oxygens (including phenoxy) is 2. The highest BCUT2D eigenvalue weighted by Gasteiger charge is 2.21. The number of carbonyl (C=O) groups is 1. The number of hydrogen-bond acceptors (Lipinski definition) is 3. The van der Waals surface area contributed by atoms with Crippen molar-refractivity contribution >= 4 is 17.6 Å². The molecule has 0 spiro atoms. The van der Waals surface area contributed by atoms with Crippen molar-refractivity contribution in [1.82, 2.24) is 0 Å². The van der Waals surface area contributed by atoms with Gasteiger partial charge in [-0.3, -0.25) is 0 Å². The second-order valence-electron chi connectivity index (χ2n) is 2.87. The van der Waals surface area contributed by atoms with E-state index in [0.717, 1.165) is 5.56 Å². The third-order valence-electron chi connectivity index (χ3n) is 1.88. The van der Waals surface area contributed by atoms with Crippen LogP contribution in [0, 0.1) is 0 Å². The number of benzene rings is 1. The van der Waals surface area contributed by atoms with E-state index in [9.17, 15) is 4.79 Å². The van der Waals surface area contributed by atoms with E-state index >= 15 is 0 Å². The zero-order valence-electron chi connectivity index (χ0n) is 8.48. The summed E-state index contributed by atoms with van der Waals surface area (Å²) in [4.78, 5) is 11.4. The zero-order valence-corrected chi connectivity index (χ0v) is 9.24. The monoisotopic (exact) mass is 228 g/mol. The highest BCUT2D eigenvalue weighted by Crippen LogP contribution is 2.18. The molecule has 0 N–H and O–H groups in total. The van der Waals surface area contributed by atoms with Crippen molar-refractivity contribution < 1.29 is 14.3 Å². The number of carbonyl (C=O) groups excluding carboxylic acids is 1. The molecule has 0 aliphatic rings. The van der Waals surface area contributed by atoms with Crippen LogP contribution in [0.1, 0.15) is 11.7 Å². The van der Waals surface area contributed by atoms with Gasteiger partial charge < -0.3 is 9.47 Å². The highest BCUT2D eigenvalue weighted by molar-refractivity contribution is 6.17. The molecule has 0 aliphatic heterocycles. The Morgan fingerprint density at radius 1 is 1.40 bits per heavy atom. The van der Waals surface area contributed by atoms with Crippen LogP contribution >= 0.6 is 11.6 Å². The zero-order chi connectivity index (χ0) is 11.1. The van der Waals surface area contributed by atoms with Crippen molar-refractivity contribution in [2.24, 2.45) is 0 Å². The largest absolute Gasteiger partial charge is 0.467 e. The molecule has 0 bridgehead atoms. The average molecular weight is 229 g/mol. The van der Waals surface area contributed by atoms with Gasteiger partial charge in [-0.05, 0) is 5.56 Å². The first-order valence-electron chi connectivity index (χ1n) is 4.60. The lowest BCUT2D eigenvalue weighted by molar-refractivity contribution is -0.154. The molecule has 4 heteroatoms. The molecule has 0 unspecified atom stereocenters. The average Bonchev–Trinajstić information content (AvgIpc) is 2.30. The molecule has 0 amide bonds. The Bertz CT molecular complexity index is 300. The Morgan fingerprint density at radius 2 is 2.07 bits per heavy atom. The van der Waals surface area contributed by atoms with E-state index in [-0.39, 0.29) is 0 Å². The van der Waals surface area contributed by atoms with Crippen molar-refractivity contribution in [2.75, 3.05) is 19.6 Å². The fraction of sp³-hybridized carbons (Fsp3) is 0.364. The summed E-state index contributed by atoms with van der Waals surface area (Å²) in [5.74, 6) is -0.0633. The lowest BCUT2D eigenvalue weighted by Crippen LogP contribution is -2.18. The van der Waals surface area contributed by atoms with Crippen LogP contribution in [-0.2, 0) is 14.3 Å². The van der Waals surface area contributed by atoms with Crippen molar-refractivity contribution in [2.45, 2.75) is 6.10 Å². The fourth-order valence-electron chi connectivity index (χ4n) is 1.20. The molecule has 1 atom stereocenters. The van der Waals surface area contributed by atoms with Crippen molar-refractivity contribution in [3.8, 4) is 0 Å². The van der Waals surface area contributed by atoms with Gasteiger partial charge in [0.15, 0.2) is 6.10 Å². The molecular weight excluding hydrogens is 216 g/mol. The molecule has 0 fully saturated rings. The third-order valence-corrected chi connectivity index (χ3v) is 2.03. The van der Waals surface area contributed by atoms with Gasteiger partial charge in [-0.1, -0.05) is 30.3 Å². The van der Waals surface area contributed by atoms with Crippen molar-refractivity contribution in [3.63, 3.8) is 0 Å². The summed E-state index contributed by atoms with van der Waals surface area (Å²) in [5, 5.41) is 0. The van der Waals surface area contributed by atoms with Gasteiger partial charge in [-0.2, -0.15) is 0 Å². The van der Waals surface area contributed by atoms with E-state index in [1.165, 1.54) is 7.11 Å². The first-order valence-corrected chi connectivity index (χ1v) is 5.13. The summed E-state index contributed by atoms with van der Waals surface area (Å²) in [6.45, 7) is 0.316. The van der Waals surface area contributed by atoms with E-state index in [1.54, 1.807) is 0 Å². The summed E-state index contributed by atoms with van der Waals surface area (Å²) in [6.07, 6.45) is -0.685. The molecule has 1 rings (SSSR count). The summed E-state index contributed by atoms with van der Waals surface area (Å²) in [7, 11) is 1.34. The Balaban J connectivity index is 2.76. The van der Waals surface area contributed by atoms with Crippen LogP contribution in [0.2, 0.25) is 0 Å². The van der Waals surface area contributed by atoms with Gasteiger partial charge >= 0.3 is 5.97 Å². The number of halogens is 1. The SMILES string of the molecule is COC(=O)[C@H](OCCCl)c1ccccc1. The van der Waals surface area contributed by atoms with Crippen LogP contribution in [0.4, 0.5) is 0 Å². The number of methoxy groups -OCH3 is 1. The van der Waals surface area contributed by atoms with Gasteiger partial charge in [0.05, 0.1) is 13.7 Å². The quantitative estimate of drug-likeness (QED) is 0.572. The van der Waals surface area contributed by atoms with E-state index in [0.29, 0.717) is 12.5 Å². The molecule has 3 nitrogen and oxygen atoms in total. The van der Waals surface area contributed by atoms with E-state index in [4.69, 9.17) is 16.3 Å². The molecule has 0 saturated heterocycles. The first kappa shape index (κ1) is 12.0.